The van der Waals surface area contributed by atoms with Crippen LogP contribution < -0.4 is 5.32 Å². The first-order valence-electron chi connectivity index (χ1n) is 5.92. The molecule has 14 heavy (non-hydrogen) atoms. The maximum Gasteiger partial charge on any atom is 0.0206 e. The first kappa shape index (κ1) is 10.8. The summed E-state index contributed by atoms with van der Waals surface area (Å²) < 4.78 is 0. The molecule has 2 aliphatic rings. The van der Waals surface area contributed by atoms with Gasteiger partial charge in [0.2, 0.25) is 0 Å². The molecule has 0 aromatic heterocycles. The molecule has 0 radical (unpaired) electrons. The van der Waals surface area contributed by atoms with E-state index in [0.29, 0.717) is 5.41 Å². The molecule has 0 aromatic rings. The maximum atomic E-state index is 3.75. The van der Waals surface area contributed by atoms with Gasteiger partial charge in [-0.05, 0) is 42.9 Å². The van der Waals surface area contributed by atoms with Crippen molar-refractivity contribution in [2.45, 2.75) is 51.3 Å². The minimum atomic E-state index is 0.587. The van der Waals surface area contributed by atoms with E-state index in [9.17, 15) is 0 Å². The van der Waals surface area contributed by atoms with Crippen LogP contribution >= 0.6 is 11.8 Å². The van der Waals surface area contributed by atoms with Gasteiger partial charge in [-0.1, -0.05) is 20.8 Å². The van der Waals surface area contributed by atoms with Gasteiger partial charge in [-0.2, -0.15) is 11.8 Å². The lowest BCUT2D eigenvalue weighted by molar-refractivity contribution is 0.214. The summed E-state index contributed by atoms with van der Waals surface area (Å²) in [6, 6.07) is 0.804. The summed E-state index contributed by atoms with van der Waals surface area (Å²) >= 11 is 2.22. The van der Waals surface area contributed by atoms with Crippen LogP contribution in [0, 0.1) is 11.3 Å². The molecule has 1 saturated carbocycles. The van der Waals surface area contributed by atoms with Gasteiger partial charge < -0.3 is 5.32 Å². The fraction of sp³-hybridized carbons (Fsp3) is 1.00. The smallest absolute Gasteiger partial charge is 0.0206 e. The van der Waals surface area contributed by atoms with Crippen molar-refractivity contribution in [2.24, 2.45) is 11.3 Å². The molecule has 0 amide bonds. The number of rotatable bonds is 0. The van der Waals surface area contributed by atoms with Gasteiger partial charge in [0.1, 0.15) is 0 Å². The molecular weight excluding hydrogens is 190 g/mol. The lowest BCUT2D eigenvalue weighted by atomic mass is 9.75. The minimum absolute atomic E-state index is 0.587. The number of hydrogen-bond donors (Lipinski definition) is 1. The predicted octanol–water partition coefficient (Wildman–Crippen LogP) is 2.91. The van der Waals surface area contributed by atoms with Gasteiger partial charge in [0.25, 0.3) is 0 Å². The highest BCUT2D eigenvalue weighted by atomic mass is 32.2. The summed E-state index contributed by atoms with van der Waals surface area (Å²) in [5.41, 5.74) is 0.587. The Hall–Kier alpha value is 0.310. The minimum Gasteiger partial charge on any atom is -0.313 e. The predicted molar refractivity (Wildman–Crippen MR) is 64.8 cm³/mol. The fourth-order valence-electron chi connectivity index (χ4n) is 2.63. The molecule has 0 aromatic carbocycles. The molecule has 1 aliphatic carbocycles. The van der Waals surface area contributed by atoms with E-state index in [-0.39, 0.29) is 0 Å². The second-order valence-electron chi connectivity index (χ2n) is 5.90. The Morgan fingerprint density at radius 2 is 2.14 bits per heavy atom. The molecule has 3 atom stereocenters. The molecule has 2 heteroatoms. The second-order valence-corrected chi connectivity index (χ2v) is 7.17. The normalized spacial score (nSPS) is 42.6. The van der Waals surface area contributed by atoms with E-state index < -0.39 is 0 Å². The van der Waals surface area contributed by atoms with Crippen molar-refractivity contribution in [3.8, 4) is 0 Å². The average Bonchev–Trinajstić information content (AvgIpc) is 2.27. The highest BCUT2D eigenvalue weighted by Crippen LogP contribution is 2.41. The number of hydrogen-bond acceptors (Lipinski definition) is 2. The quantitative estimate of drug-likeness (QED) is 0.664. The fourth-order valence-corrected chi connectivity index (χ4v) is 4.36. The van der Waals surface area contributed by atoms with E-state index in [4.69, 9.17) is 0 Å². The van der Waals surface area contributed by atoms with E-state index in [0.717, 1.165) is 17.2 Å². The van der Waals surface area contributed by atoms with Crippen molar-refractivity contribution in [1.82, 2.24) is 5.32 Å². The second kappa shape index (κ2) is 4.05. The van der Waals surface area contributed by atoms with Crippen molar-refractivity contribution in [3.63, 3.8) is 0 Å². The third kappa shape index (κ3) is 2.46. The summed E-state index contributed by atoms with van der Waals surface area (Å²) in [6.07, 6.45) is 4.19. The lowest BCUT2D eigenvalue weighted by Gasteiger charge is -2.39. The van der Waals surface area contributed by atoms with Crippen LogP contribution in [0.5, 0.6) is 0 Å². The zero-order valence-corrected chi connectivity index (χ0v) is 10.5. The summed E-state index contributed by atoms with van der Waals surface area (Å²) in [5, 5.41) is 4.63. The van der Waals surface area contributed by atoms with Gasteiger partial charge in [0.15, 0.2) is 0 Å². The molecule has 1 nitrogen and oxygen atoms in total. The van der Waals surface area contributed by atoms with Crippen molar-refractivity contribution < 1.29 is 0 Å². The van der Waals surface area contributed by atoms with Gasteiger partial charge in [-0.3, -0.25) is 0 Å². The van der Waals surface area contributed by atoms with Gasteiger partial charge >= 0.3 is 0 Å². The van der Waals surface area contributed by atoms with E-state index in [2.05, 4.69) is 37.8 Å². The summed E-state index contributed by atoms with van der Waals surface area (Å²) in [6.45, 7) is 8.45. The largest absolute Gasteiger partial charge is 0.313 e. The Morgan fingerprint density at radius 3 is 2.93 bits per heavy atom. The SMILES string of the molecule is CC1CNC2CCC(C)(C)CC2SC1. The zero-order chi connectivity index (χ0) is 10.2. The van der Waals surface area contributed by atoms with Crippen molar-refractivity contribution in [1.29, 1.82) is 0 Å². The number of nitrogens with one attached hydrogen (secondary N) is 1. The summed E-state index contributed by atoms with van der Waals surface area (Å²) in [7, 11) is 0. The Balaban J connectivity index is 1.99. The lowest BCUT2D eigenvalue weighted by Crippen LogP contribution is -2.44. The third-order valence-corrected chi connectivity index (χ3v) is 5.34. The van der Waals surface area contributed by atoms with Gasteiger partial charge in [0, 0.05) is 11.3 Å². The maximum absolute atomic E-state index is 3.75. The van der Waals surface area contributed by atoms with Crippen LogP contribution in [0.15, 0.2) is 0 Å². The highest BCUT2D eigenvalue weighted by Gasteiger charge is 2.36. The molecular formula is C12H23NS. The molecule has 1 aliphatic heterocycles. The topological polar surface area (TPSA) is 12.0 Å². The van der Waals surface area contributed by atoms with E-state index >= 15 is 0 Å². The molecule has 2 fully saturated rings. The van der Waals surface area contributed by atoms with Gasteiger partial charge in [-0.25, -0.2) is 0 Å². The Morgan fingerprint density at radius 1 is 1.36 bits per heavy atom. The van der Waals surface area contributed by atoms with Crippen LogP contribution in [0.25, 0.3) is 0 Å². The zero-order valence-electron chi connectivity index (χ0n) is 9.68. The summed E-state index contributed by atoms with van der Waals surface area (Å²) in [5.74, 6) is 2.21. The number of thioether (sulfide) groups is 1. The molecule has 0 bridgehead atoms. The van der Waals surface area contributed by atoms with Gasteiger partial charge in [-0.15, -0.1) is 0 Å². The first-order chi connectivity index (χ1) is 6.57. The van der Waals surface area contributed by atoms with E-state index in [1.807, 2.05) is 0 Å². The van der Waals surface area contributed by atoms with Crippen LogP contribution in [-0.2, 0) is 0 Å². The average molecular weight is 213 g/mol. The third-order valence-electron chi connectivity index (χ3n) is 3.66. The molecule has 82 valence electrons. The van der Waals surface area contributed by atoms with Crippen LogP contribution in [-0.4, -0.2) is 23.6 Å². The Labute approximate surface area is 92.4 Å². The Kier molecular flexibility index (Phi) is 3.13. The molecule has 1 N–H and O–H groups in total. The van der Waals surface area contributed by atoms with Crippen LogP contribution in [0.3, 0.4) is 0 Å². The summed E-state index contributed by atoms with van der Waals surface area (Å²) in [4.78, 5) is 0. The van der Waals surface area contributed by atoms with E-state index in [1.165, 1.54) is 31.6 Å². The molecule has 2 rings (SSSR count). The van der Waals surface area contributed by atoms with Crippen LogP contribution in [0.2, 0.25) is 0 Å². The molecule has 1 saturated heterocycles. The molecule has 1 heterocycles. The van der Waals surface area contributed by atoms with Crippen LogP contribution in [0.1, 0.15) is 40.0 Å². The monoisotopic (exact) mass is 213 g/mol. The molecule has 0 spiro atoms. The van der Waals surface area contributed by atoms with E-state index in [1.54, 1.807) is 0 Å². The Bertz CT molecular complexity index is 202. The highest BCUT2D eigenvalue weighted by molar-refractivity contribution is 8.00. The standard InChI is InChI=1S/C12H23NS/c1-9-7-13-10-4-5-12(2,3)6-11(10)14-8-9/h9-11,13H,4-8H2,1-3H3. The van der Waals surface area contributed by atoms with Crippen molar-refractivity contribution >= 4 is 11.8 Å². The first-order valence-corrected chi connectivity index (χ1v) is 6.97. The van der Waals surface area contributed by atoms with Crippen molar-refractivity contribution in [3.05, 3.63) is 0 Å². The molecule has 3 unspecified atom stereocenters. The van der Waals surface area contributed by atoms with Crippen LogP contribution in [0.4, 0.5) is 0 Å². The van der Waals surface area contributed by atoms with Gasteiger partial charge in [0.05, 0.1) is 0 Å². The van der Waals surface area contributed by atoms with Crippen molar-refractivity contribution in [2.75, 3.05) is 12.3 Å². The number of fused-ring (bicyclic) bond motifs is 1.